The number of fused-ring (bicyclic) bond motifs is 1. The summed E-state index contributed by atoms with van der Waals surface area (Å²) >= 11 is 0. The van der Waals surface area contributed by atoms with Crippen LogP contribution >= 0.6 is 0 Å². The van der Waals surface area contributed by atoms with Gasteiger partial charge in [0.2, 0.25) is 11.8 Å². The maximum atomic E-state index is 12.9. The first-order chi connectivity index (χ1) is 11.2. The third kappa shape index (κ3) is 2.76. The Hall–Kier alpha value is -1.82. The zero-order valence-corrected chi connectivity index (χ0v) is 13.1. The third-order valence-corrected chi connectivity index (χ3v) is 5.26. The summed E-state index contributed by atoms with van der Waals surface area (Å²) in [6.07, 6.45) is 5.30. The van der Waals surface area contributed by atoms with Crippen molar-refractivity contribution in [2.24, 2.45) is 5.92 Å². The fraction of sp³-hybridized carbons (Fsp3) is 0.647. The van der Waals surface area contributed by atoms with Gasteiger partial charge in [-0.3, -0.25) is 9.59 Å². The normalized spacial score (nSPS) is 30.8. The number of hydrogen-bond acceptors (Lipinski definition) is 4. The van der Waals surface area contributed by atoms with Gasteiger partial charge in [-0.1, -0.05) is 0 Å². The number of nitrogens with zero attached hydrogens (tertiary/aromatic N) is 2. The Morgan fingerprint density at radius 3 is 3.09 bits per heavy atom. The Labute approximate surface area is 135 Å². The Kier molecular flexibility index (Phi) is 3.85. The first kappa shape index (κ1) is 14.8. The van der Waals surface area contributed by atoms with Crippen molar-refractivity contribution in [2.75, 3.05) is 19.7 Å². The van der Waals surface area contributed by atoms with Crippen LogP contribution < -0.4 is 0 Å². The Bertz CT molecular complexity index is 585. The van der Waals surface area contributed by atoms with Crippen LogP contribution in [-0.2, 0) is 20.9 Å². The largest absolute Gasteiger partial charge is 0.467 e. The van der Waals surface area contributed by atoms with Gasteiger partial charge in [0.1, 0.15) is 5.76 Å². The monoisotopic (exact) mass is 318 g/mol. The molecule has 1 aliphatic carbocycles. The van der Waals surface area contributed by atoms with Crippen LogP contribution in [0.5, 0.6) is 0 Å². The lowest BCUT2D eigenvalue weighted by Gasteiger charge is -2.38. The number of amides is 2. The number of rotatable bonds is 3. The minimum atomic E-state index is -0.225. The Balaban J connectivity index is 1.42. The van der Waals surface area contributed by atoms with Crippen molar-refractivity contribution in [1.29, 1.82) is 0 Å². The lowest BCUT2D eigenvalue weighted by atomic mass is 10.0. The van der Waals surface area contributed by atoms with Gasteiger partial charge in [-0.2, -0.15) is 0 Å². The van der Waals surface area contributed by atoms with E-state index in [0.29, 0.717) is 32.7 Å². The zero-order chi connectivity index (χ0) is 15.8. The van der Waals surface area contributed by atoms with E-state index >= 15 is 0 Å². The van der Waals surface area contributed by atoms with Gasteiger partial charge in [0.05, 0.1) is 37.5 Å². The molecule has 3 fully saturated rings. The first-order valence-electron chi connectivity index (χ1n) is 8.44. The summed E-state index contributed by atoms with van der Waals surface area (Å²) in [7, 11) is 0. The van der Waals surface area contributed by atoms with Gasteiger partial charge >= 0.3 is 0 Å². The van der Waals surface area contributed by atoms with Gasteiger partial charge in [0, 0.05) is 19.5 Å². The fourth-order valence-corrected chi connectivity index (χ4v) is 4.11. The Morgan fingerprint density at radius 2 is 2.26 bits per heavy atom. The average Bonchev–Trinajstić information content (AvgIpc) is 3.28. The number of likely N-dealkylation sites (tertiary alicyclic amines) is 1. The molecular formula is C17H22N2O4. The molecule has 124 valence electrons. The summed E-state index contributed by atoms with van der Waals surface area (Å²) < 4.78 is 11.1. The summed E-state index contributed by atoms with van der Waals surface area (Å²) in [5, 5.41) is 0. The van der Waals surface area contributed by atoms with E-state index < -0.39 is 0 Å². The molecule has 1 aromatic rings. The topological polar surface area (TPSA) is 63.0 Å². The summed E-state index contributed by atoms with van der Waals surface area (Å²) in [4.78, 5) is 28.8. The number of ether oxygens (including phenoxy) is 1. The standard InChI is InChI=1S/C17H22N2O4/c20-16-9-12(10-18(16)11-13-3-2-7-22-13)17(21)19-6-8-23-15-5-1-4-14(15)19/h2-3,7,12,14-15H,1,4-6,8-11H2/t12-,14+,15+/m0/s1. The van der Waals surface area contributed by atoms with Crippen molar-refractivity contribution in [3.63, 3.8) is 0 Å². The van der Waals surface area contributed by atoms with Gasteiger partial charge in [-0.05, 0) is 31.4 Å². The molecule has 0 aromatic carbocycles. The molecule has 0 N–H and O–H groups in total. The maximum Gasteiger partial charge on any atom is 0.228 e. The quantitative estimate of drug-likeness (QED) is 0.845. The van der Waals surface area contributed by atoms with Crippen LogP contribution in [0, 0.1) is 5.92 Å². The van der Waals surface area contributed by atoms with E-state index in [9.17, 15) is 9.59 Å². The molecule has 2 saturated heterocycles. The highest BCUT2D eigenvalue weighted by molar-refractivity contribution is 5.89. The van der Waals surface area contributed by atoms with Gasteiger partial charge in [-0.15, -0.1) is 0 Å². The van der Waals surface area contributed by atoms with E-state index in [1.54, 1.807) is 11.2 Å². The molecule has 1 aromatic heterocycles. The summed E-state index contributed by atoms with van der Waals surface area (Å²) in [5.74, 6) is 0.696. The number of carbonyl (C=O) groups is 2. The molecule has 0 bridgehead atoms. The molecule has 0 spiro atoms. The SMILES string of the molecule is O=C1C[C@H](C(=O)N2CCO[C@@H]3CCC[C@H]32)CN1Cc1ccco1. The molecule has 0 radical (unpaired) electrons. The summed E-state index contributed by atoms with van der Waals surface area (Å²) in [5.41, 5.74) is 0. The number of hydrogen-bond donors (Lipinski definition) is 0. The predicted octanol–water partition coefficient (Wildman–Crippen LogP) is 1.41. The highest BCUT2D eigenvalue weighted by Gasteiger charge is 2.43. The van der Waals surface area contributed by atoms with Gasteiger partial charge in [0.15, 0.2) is 0 Å². The molecule has 4 rings (SSSR count). The molecule has 3 heterocycles. The van der Waals surface area contributed by atoms with Crippen LogP contribution in [0.15, 0.2) is 22.8 Å². The number of carbonyl (C=O) groups excluding carboxylic acids is 2. The van der Waals surface area contributed by atoms with Gasteiger partial charge < -0.3 is 19.0 Å². The molecule has 6 heteroatoms. The smallest absolute Gasteiger partial charge is 0.228 e. The molecule has 1 saturated carbocycles. The first-order valence-corrected chi connectivity index (χ1v) is 8.44. The van der Waals surface area contributed by atoms with Crippen molar-refractivity contribution < 1.29 is 18.7 Å². The molecule has 6 nitrogen and oxygen atoms in total. The fourth-order valence-electron chi connectivity index (χ4n) is 4.11. The van der Waals surface area contributed by atoms with E-state index in [-0.39, 0.29) is 29.9 Å². The van der Waals surface area contributed by atoms with Crippen LogP contribution in [0.4, 0.5) is 0 Å². The number of furan rings is 1. The lowest BCUT2D eigenvalue weighted by Crippen LogP contribution is -2.53. The predicted molar refractivity (Wildman–Crippen MR) is 81.3 cm³/mol. The van der Waals surface area contributed by atoms with Gasteiger partial charge in [0.25, 0.3) is 0 Å². The van der Waals surface area contributed by atoms with Crippen molar-refractivity contribution in [2.45, 2.75) is 44.4 Å². The molecule has 2 amide bonds. The highest BCUT2D eigenvalue weighted by Crippen LogP contribution is 2.32. The number of morpholine rings is 1. The molecular weight excluding hydrogens is 296 g/mol. The molecule has 3 aliphatic rings. The molecule has 3 atom stereocenters. The third-order valence-electron chi connectivity index (χ3n) is 5.26. The second-order valence-corrected chi connectivity index (χ2v) is 6.69. The van der Waals surface area contributed by atoms with E-state index in [2.05, 4.69) is 0 Å². The van der Waals surface area contributed by atoms with E-state index in [0.717, 1.165) is 25.0 Å². The minimum absolute atomic E-state index is 0.0379. The lowest BCUT2D eigenvalue weighted by molar-refractivity contribution is -0.148. The average molecular weight is 318 g/mol. The van der Waals surface area contributed by atoms with Crippen molar-refractivity contribution in [3.8, 4) is 0 Å². The maximum absolute atomic E-state index is 12.9. The molecule has 2 aliphatic heterocycles. The van der Waals surface area contributed by atoms with Crippen LogP contribution in [-0.4, -0.2) is 53.5 Å². The minimum Gasteiger partial charge on any atom is -0.467 e. The summed E-state index contributed by atoms with van der Waals surface area (Å²) in [6, 6.07) is 3.88. The highest BCUT2D eigenvalue weighted by atomic mass is 16.5. The molecule has 0 unspecified atom stereocenters. The van der Waals surface area contributed by atoms with Crippen LogP contribution in [0.25, 0.3) is 0 Å². The van der Waals surface area contributed by atoms with Crippen LogP contribution in [0.1, 0.15) is 31.4 Å². The van der Waals surface area contributed by atoms with Crippen LogP contribution in [0.2, 0.25) is 0 Å². The van der Waals surface area contributed by atoms with Crippen molar-refractivity contribution in [1.82, 2.24) is 9.80 Å². The van der Waals surface area contributed by atoms with Crippen LogP contribution in [0.3, 0.4) is 0 Å². The second kappa shape index (κ2) is 6.00. The molecule has 23 heavy (non-hydrogen) atoms. The van der Waals surface area contributed by atoms with E-state index in [1.165, 1.54) is 0 Å². The second-order valence-electron chi connectivity index (χ2n) is 6.69. The van der Waals surface area contributed by atoms with E-state index in [4.69, 9.17) is 9.15 Å². The van der Waals surface area contributed by atoms with Gasteiger partial charge in [-0.25, -0.2) is 0 Å². The van der Waals surface area contributed by atoms with Crippen molar-refractivity contribution in [3.05, 3.63) is 24.2 Å². The summed E-state index contributed by atoms with van der Waals surface area (Å²) in [6.45, 7) is 2.21. The van der Waals surface area contributed by atoms with E-state index in [1.807, 2.05) is 17.0 Å². The zero-order valence-electron chi connectivity index (χ0n) is 13.1. The Morgan fingerprint density at radius 1 is 1.35 bits per heavy atom. The van der Waals surface area contributed by atoms with Crippen molar-refractivity contribution >= 4 is 11.8 Å².